The highest BCUT2D eigenvalue weighted by molar-refractivity contribution is 5.83. The zero-order valence-electron chi connectivity index (χ0n) is 15.1. The molecule has 0 spiro atoms. The monoisotopic (exact) mass is 351 g/mol. The van der Waals surface area contributed by atoms with Crippen molar-refractivity contribution in [2.45, 2.75) is 19.4 Å². The number of benzene rings is 2. The SMILES string of the molecule is CN(C)CC1CCc2nc3cc(-c4cccc(F)c4)ccc3c(=O)n2C1. The van der Waals surface area contributed by atoms with Gasteiger partial charge in [-0.25, -0.2) is 9.37 Å². The fraction of sp³-hybridized carbons (Fsp3) is 0.333. The summed E-state index contributed by atoms with van der Waals surface area (Å²) < 4.78 is 15.3. The van der Waals surface area contributed by atoms with E-state index in [2.05, 4.69) is 19.0 Å². The minimum Gasteiger partial charge on any atom is -0.309 e. The van der Waals surface area contributed by atoms with E-state index in [4.69, 9.17) is 4.98 Å². The molecule has 1 aliphatic heterocycles. The summed E-state index contributed by atoms with van der Waals surface area (Å²) in [5.74, 6) is 1.06. The van der Waals surface area contributed by atoms with Crippen LogP contribution in [0.1, 0.15) is 12.2 Å². The van der Waals surface area contributed by atoms with Crippen molar-refractivity contribution in [1.82, 2.24) is 14.5 Å². The van der Waals surface area contributed by atoms with E-state index >= 15 is 0 Å². The van der Waals surface area contributed by atoms with Crippen LogP contribution in [0.4, 0.5) is 4.39 Å². The molecular formula is C21H22FN3O. The minimum absolute atomic E-state index is 0.0271. The number of nitrogens with zero attached hydrogens (tertiary/aromatic N) is 3. The van der Waals surface area contributed by atoms with E-state index in [0.29, 0.717) is 16.8 Å². The molecule has 0 aliphatic carbocycles. The van der Waals surface area contributed by atoms with Crippen molar-refractivity contribution in [3.05, 3.63) is 64.5 Å². The van der Waals surface area contributed by atoms with E-state index in [-0.39, 0.29) is 11.4 Å². The summed E-state index contributed by atoms with van der Waals surface area (Å²) in [4.78, 5) is 19.9. The number of aromatic nitrogens is 2. The van der Waals surface area contributed by atoms with Gasteiger partial charge in [-0.1, -0.05) is 18.2 Å². The molecule has 0 N–H and O–H groups in total. The number of rotatable bonds is 3. The predicted octanol–water partition coefficient (Wildman–Crippen LogP) is 3.33. The van der Waals surface area contributed by atoms with E-state index in [0.717, 1.165) is 42.9 Å². The summed E-state index contributed by atoms with van der Waals surface area (Å²) in [5.41, 5.74) is 2.38. The maximum absolute atomic E-state index is 13.5. The highest BCUT2D eigenvalue weighted by atomic mass is 19.1. The topological polar surface area (TPSA) is 38.1 Å². The first-order valence-corrected chi connectivity index (χ1v) is 8.95. The molecule has 134 valence electrons. The first-order valence-electron chi connectivity index (χ1n) is 8.95. The maximum atomic E-state index is 13.5. The third-order valence-electron chi connectivity index (χ3n) is 5.03. The highest BCUT2D eigenvalue weighted by Gasteiger charge is 2.22. The van der Waals surface area contributed by atoms with E-state index in [1.807, 2.05) is 28.8 Å². The van der Waals surface area contributed by atoms with E-state index in [1.54, 1.807) is 6.07 Å². The maximum Gasteiger partial charge on any atom is 0.261 e. The Kier molecular flexibility index (Phi) is 4.32. The van der Waals surface area contributed by atoms with Crippen LogP contribution < -0.4 is 5.56 Å². The Bertz CT molecular complexity index is 1030. The van der Waals surface area contributed by atoms with E-state index < -0.39 is 0 Å². The van der Waals surface area contributed by atoms with Crippen LogP contribution in [-0.4, -0.2) is 35.1 Å². The summed E-state index contributed by atoms with van der Waals surface area (Å²) >= 11 is 0. The van der Waals surface area contributed by atoms with Crippen LogP contribution in [0.2, 0.25) is 0 Å². The molecular weight excluding hydrogens is 329 g/mol. The Morgan fingerprint density at radius 1 is 1.19 bits per heavy atom. The second kappa shape index (κ2) is 6.65. The predicted molar refractivity (Wildman–Crippen MR) is 102 cm³/mol. The molecule has 2 aromatic carbocycles. The number of aryl methyl sites for hydroxylation is 1. The second-order valence-corrected chi connectivity index (χ2v) is 7.35. The standard InChI is InChI=1S/C21H22FN3O/c1-24(2)12-14-6-9-20-23-19-11-16(15-4-3-5-17(22)10-15)7-8-18(19)21(26)25(20)13-14/h3-5,7-8,10-11,14H,6,9,12-13H2,1-2H3. The molecule has 2 heterocycles. The molecule has 0 bridgehead atoms. The van der Waals surface area contributed by atoms with Crippen LogP contribution in [0.25, 0.3) is 22.0 Å². The van der Waals surface area contributed by atoms with Gasteiger partial charge in [0, 0.05) is 19.5 Å². The van der Waals surface area contributed by atoms with Crippen molar-refractivity contribution in [1.29, 1.82) is 0 Å². The van der Waals surface area contributed by atoms with Gasteiger partial charge < -0.3 is 4.90 Å². The lowest BCUT2D eigenvalue weighted by molar-refractivity contribution is 0.261. The number of hydrogen-bond acceptors (Lipinski definition) is 3. The number of fused-ring (bicyclic) bond motifs is 2. The van der Waals surface area contributed by atoms with Gasteiger partial charge in [0.2, 0.25) is 0 Å². The van der Waals surface area contributed by atoms with Gasteiger partial charge in [-0.3, -0.25) is 9.36 Å². The lowest BCUT2D eigenvalue weighted by Gasteiger charge is -2.28. The fourth-order valence-corrected chi connectivity index (χ4v) is 3.84. The molecule has 4 rings (SSSR count). The largest absolute Gasteiger partial charge is 0.309 e. The highest BCUT2D eigenvalue weighted by Crippen LogP contribution is 2.25. The van der Waals surface area contributed by atoms with Crippen LogP contribution in [0.15, 0.2) is 47.3 Å². The lowest BCUT2D eigenvalue weighted by Crippen LogP contribution is -2.36. The van der Waals surface area contributed by atoms with Crippen LogP contribution in [0.5, 0.6) is 0 Å². The molecule has 3 aromatic rings. The Hall–Kier alpha value is -2.53. The average molecular weight is 351 g/mol. The first kappa shape index (κ1) is 16.9. The Morgan fingerprint density at radius 3 is 2.77 bits per heavy atom. The molecule has 1 unspecified atom stereocenters. The molecule has 4 nitrogen and oxygen atoms in total. The zero-order chi connectivity index (χ0) is 18.3. The second-order valence-electron chi connectivity index (χ2n) is 7.35. The molecule has 0 amide bonds. The molecule has 26 heavy (non-hydrogen) atoms. The Balaban J connectivity index is 1.77. The van der Waals surface area contributed by atoms with Crippen molar-refractivity contribution >= 4 is 10.9 Å². The van der Waals surface area contributed by atoms with Gasteiger partial charge in [0.1, 0.15) is 11.6 Å². The van der Waals surface area contributed by atoms with Crippen LogP contribution in [0.3, 0.4) is 0 Å². The molecule has 1 aromatic heterocycles. The van der Waals surface area contributed by atoms with Crippen molar-refractivity contribution in [2.24, 2.45) is 5.92 Å². The summed E-state index contributed by atoms with van der Waals surface area (Å²) in [6.45, 7) is 1.70. The van der Waals surface area contributed by atoms with Crippen molar-refractivity contribution in [2.75, 3.05) is 20.6 Å². The molecule has 1 aliphatic rings. The Labute approximate surface area is 151 Å². The molecule has 0 fully saturated rings. The molecule has 0 saturated carbocycles. The summed E-state index contributed by atoms with van der Waals surface area (Å²) in [6, 6.07) is 12.0. The number of halogens is 1. The lowest BCUT2D eigenvalue weighted by atomic mass is 9.98. The summed E-state index contributed by atoms with van der Waals surface area (Å²) in [6.07, 6.45) is 1.85. The van der Waals surface area contributed by atoms with Crippen LogP contribution in [0, 0.1) is 11.7 Å². The fourth-order valence-electron chi connectivity index (χ4n) is 3.84. The van der Waals surface area contributed by atoms with E-state index in [9.17, 15) is 9.18 Å². The quantitative estimate of drug-likeness (QED) is 0.726. The van der Waals surface area contributed by atoms with E-state index in [1.165, 1.54) is 12.1 Å². The molecule has 1 atom stereocenters. The number of hydrogen-bond donors (Lipinski definition) is 0. The van der Waals surface area contributed by atoms with Crippen LogP contribution >= 0.6 is 0 Å². The van der Waals surface area contributed by atoms with Crippen molar-refractivity contribution < 1.29 is 4.39 Å². The van der Waals surface area contributed by atoms with Gasteiger partial charge in [-0.05, 0) is 61.8 Å². The molecule has 0 radical (unpaired) electrons. The smallest absolute Gasteiger partial charge is 0.261 e. The first-order chi connectivity index (χ1) is 12.5. The third kappa shape index (κ3) is 3.15. The van der Waals surface area contributed by atoms with Gasteiger partial charge in [0.25, 0.3) is 5.56 Å². The van der Waals surface area contributed by atoms with Crippen molar-refractivity contribution in [3.63, 3.8) is 0 Å². The van der Waals surface area contributed by atoms with Gasteiger partial charge in [-0.15, -0.1) is 0 Å². The van der Waals surface area contributed by atoms with Crippen LogP contribution in [-0.2, 0) is 13.0 Å². The zero-order valence-corrected chi connectivity index (χ0v) is 15.1. The van der Waals surface area contributed by atoms with Gasteiger partial charge in [-0.2, -0.15) is 0 Å². The van der Waals surface area contributed by atoms with Gasteiger partial charge in [0.05, 0.1) is 10.9 Å². The van der Waals surface area contributed by atoms with Gasteiger partial charge in [0.15, 0.2) is 0 Å². The van der Waals surface area contributed by atoms with Crippen molar-refractivity contribution in [3.8, 4) is 11.1 Å². The minimum atomic E-state index is -0.270. The summed E-state index contributed by atoms with van der Waals surface area (Å²) in [7, 11) is 4.12. The molecule has 5 heteroatoms. The van der Waals surface area contributed by atoms with Gasteiger partial charge >= 0.3 is 0 Å². The normalized spacial score (nSPS) is 16.8. The summed E-state index contributed by atoms with van der Waals surface area (Å²) in [5, 5.41) is 0.624. The third-order valence-corrected chi connectivity index (χ3v) is 5.03. The molecule has 0 saturated heterocycles. The average Bonchev–Trinajstić information content (AvgIpc) is 2.61. The Morgan fingerprint density at radius 2 is 2.00 bits per heavy atom.